The maximum atomic E-state index is 10.6. The predicted octanol–water partition coefficient (Wildman–Crippen LogP) is 2.27. The number of halogens is 1. The summed E-state index contributed by atoms with van der Waals surface area (Å²) in [5, 5.41) is 3.20. The lowest BCUT2D eigenvalue weighted by Gasteiger charge is -1.97. The van der Waals surface area contributed by atoms with Crippen LogP contribution in [0, 0.1) is 0 Å². The summed E-state index contributed by atoms with van der Waals surface area (Å²) in [6.45, 7) is 2.14. The van der Waals surface area contributed by atoms with Crippen LogP contribution in [0.15, 0.2) is 24.4 Å². The summed E-state index contributed by atoms with van der Waals surface area (Å²) >= 11 is 5.86. The van der Waals surface area contributed by atoms with Gasteiger partial charge in [-0.05, 0) is 12.5 Å². The van der Waals surface area contributed by atoms with Gasteiger partial charge in [0.05, 0.1) is 0 Å². The molecule has 1 aromatic heterocycles. The third kappa shape index (κ3) is 4.61. The number of hydrogen-bond acceptors (Lipinski definition) is 2. The highest BCUT2D eigenvalue weighted by atomic mass is 35.5. The molecular weight excluding hydrogens is 212 g/mol. The topological polar surface area (TPSA) is 42.0 Å². The Morgan fingerprint density at radius 1 is 1.67 bits per heavy atom. The van der Waals surface area contributed by atoms with Gasteiger partial charge < -0.3 is 5.32 Å². The minimum atomic E-state index is -0.0113. The van der Waals surface area contributed by atoms with E-state index in [1.54, 1.807) is 6.20 Å². The van der Waals surface area contributed by atoms with Gasteiger partial charge in [-0.3, -0.25) is 4.79 Å². The van der Waals surface area contributed by atoms with Gasteiger partial charge in [0.1, 0.15) is 5.15 Å². The van der Waals surface area contributed by atoms with Gasteiger partial charge in [0.15, 0.2) is 0 Å². The van der Waals surface area contributed by atoms with Crippen LogP contribution in [-0.2, 0) is 4.79 Å². The van der Waals surface area contributed by atoms with Crippen molar-refractivity contribution in [1.82, 2.24) is 10.3 Å². The van der Waals surface area contributed by atoms with Crippen LogP contribution in [0.25, 0.3) is 6.08 Å². The standard InChI is InChI=1S/C11H13ClN2O/c1-9(15)13-7-3-2-5-10-6-4-8-14-11(10)12/h2,4-6,8H,3,7H2,1H3,(H,13,15). The number of amides is 1. The molecule has 1 rings (SSSR count). The number of pyridine rings is 1. The number of carbonyl (C=O) groups is 1. The number of nitrogens with zero attached hydrogens (tertiary/aromatic N) is 1. The van der Waals surface area contributed by atoms with E-state index in [9.17, 15) is 4.79 Å². The van der Waals surface area contributed by atoms with Crippen molar-refractivity contribution < 1.29 is 4.79 Å². The molecule has 0 aliphatic rings. The second-order valence-electron chi connectivity index (χ2n) is 3.06. The molecule has 0 bridgehead atoms. The largest absolute Gasteiger partial charge is 0.356 e. The van der Waals surface area contributed by atoms with E-state index in [-0.39, 0.29) is 5.91 Å². The molecule has 1 N–H and O–H groups in total. The van der Waals surface area contributed by atoms with Crippen molar-refractivity contribution in [1.29, 1.82) is 0 Å². The number of rotatable bonds is 4. The summed E-state index contributed by atoms with van der Waals surface area (Å²) in [5.41, 5.74) is 0.891. The molecule has 1 heterocycles. The monoisotopic (exact) mass is 224 g/mol. The van der Waals surface area contributed by atoms with E-state index in [1.165, 1.54) is 6.92 Å². The molecule has 80 valence electrons. The van der Waals surface area contributed by atoms with Crippen LogP contribution in [0.1, 0.15) is 18.9 Å². The highest BCUT2D eigenvalue weighted by Crippen LogP contribution is 2.12. The lowest BCUT2D eigenvalue weighted by atomic mass is 10.2. The summed E-state index contributed by atoms with van der Waals surface area (Å²) in [4.78, 5) is 14.5. The van der Waals surface area contributed by atoms with Crippen molar-refractivity contribution in [3.05, 3.63) is 35.1 Å². The lowest BCUT2D eigenvalue weighted by Crippen LogP contribution is -2.20. The first-order valence-corrected chi connectivity index (χ1v) is 5.09. The normalized spacial score (nSPS) is 10.5. The van der Waals surface area contributed by atoms with E-state index in [1.807, 2.05) is 24.3 Å². The highest BCUT2D eigenvalue weighted by Gasteiger charge is 1.94. The van der Waals surface area contributed by atoms with Gasteiger partial charge in [-0.15, -0.1) is 0 Å². The Bertz CT molecular complexity index is 363. The van der Waals surface area contributed by atoms with Crippen molar-refractivity contribution in [2.24, 2.45) is 0 Å². The Balaban J connectivity index is 2.38. The van der Waals surface area contributed by atoms with Gasteiger partial charge in [0.2, 0.25) is 5.91 Å². The molecular formula is C11H13ClN2O. The maximum absolute atomic E-state index is 10.6. The molecule has 0 spiro atoms. The average Bonchev–Trinajstić information content (AvgIpc) is 2.20. The van der Waals surface area contributed by atoms with Crippen molar-refractivity contribution in [3.63, 3.8) is 0 Å². The zero-order valence-corrected chi connectivity index (χ0v) is 9.29. The van der Waals surface area contributed by atoms with Crippen LogP contribution in [0.2, 0.25) is 5.15 Å². The first-order chi connectivity index (χ1) is 7.20. The van der Waals surface area contributed by atoms with Crippen molar-refractivity contribution in [3.8, 4) is 0 Å². The van der Waals surface area contributed by atoms with Gasteiger partial charge in [0.25, 0.3) is 0 Å². The minimum Gasteiger partial charge on any atom is -0.356 e. The van der Waals surface area contributed by atoms with Gasteiger partial charge in [-0.25, -0.2) is 4.98 Å². The molecule has 1 aromatic rings. The number of hydrogen-bond donors (Lipinski definition) is 1. The maximum Gasteiger partial charge on any atom is 0.216 e. The number of carbonyl (C=O) groups excluding carboxylic acids is 1. The molecule has 0 radical (unpaired) electrons. The van der Waals surface area contributed by atoms with E-state index in [0.717, 1.165) is 12.0 Å². The first kappa shape index (κ1) is 11.7. The zero-order chi connectivity index (χ0) is 11.1. The van der Waals surface area contributed by atoms with Gasteiger partial charge in [-0.1, -0.05) is 29.8 Å². The molecule has 1 amide bonds. The van der Waals surface area contributed by atoms with E-state index < -0.39 is 0 Å². The molecule has 0 aromatic carbocycles. The van der Waals surface area contributed by atoms with Crippen LogP contribution >= 0.6 is 11.6 Å². The third-order valence-corrected chi connectivity index (χ3v) is 2.09. The van der Waals surface area contributed by atoms with Crippen LogP contribution in [0.5, 0.6) is 0 Å². The molecule has 0 saturated heterocycles. The lowest BCUT2D eigenvalue weighted by molar-refractivity contribution is -0.118. The minimum absolute atomic E-state index is 0.0113. The van der Waals surface area contributed by atoms with Crippen LogP contribution in [0.3, 0.4) is 0 Å². The third-order valence-electron chi connectivity index (χ3n) is 1.77. The van der Waals surface area contributed by atoms with E-state index in [4.69, 9.17) is 11.6 Å². The molecule has 0 aliphatic carbocycles. The Labute approximate surface area is 94.2 Å². The fourth-order valence-electron chi connectivity index (χ4n) is 1.06. The molecule has 0 fully saturated rings. The summed E-state index contributed by atoms with van der Waals surface area (Å²) in [7, 11) is 0. The summed E-state index contributed by atoms with van der Waals surface area (Å²) in [6.07, 6.45) is 6.29. The predicted molar refractivity (Wildman–Crippen MR) is 61.6 cm³/mol. The summed E-state index contributed by atoms with van der Waals surface area (Å²) in [5.74, 6) is -0.0113. The average molecular weight is 225 g/mol. The van der Waals surface area contributed by atoms with E-state index >= 15 is 0 Å². The van der Waals surface area contributed by atoms with Crippen LogP contribution in [-0.4, -0.2) is 17.4 Å². The second-order valence-corrected chi connectivity index (χ2v) is 3.42. The quantitative estimate of drug-likeness (QED) is 0.630. The number of nitrogens with one attached hydrogen (secondary N) is 1. The molecule has 0 unspecified atom stereocenters. The molecule has 3 nitrogen and oxygen atoms in total. The molecule has 0 aliphatic heterocycles. The molecule has 0 atom stereocenters. The number of aromatic nitrogens is 1. The molecule has 0 saturated carbocycles. The zero-order valence-electron chi connectivity index (χ0n) is 8.53. The SMILES string of the molecule is CC(=O)NCCC=Cc1cccnc1Cl. The fourth-order valence-corrected chi connectivity index (χ4v) is 1.25. The van der Waals surface area contributed by atoms with Crippen molar-refractivity contribution in [2.75, 3.05) is 6.54 Å². The van der Waals surface area contributed by atoms with Crippen molar-refractivity contribution >= 4 is 23.6 Å². The fraction of sp³-hybridized carbons (Fsp3) is 0.273. The van der Waals surface area contributed by atoms with Crippen molar-refractivity contribution in [2.45, 2.75) is 13.3 Å². The summed E-state index contributed by atoms with van der Waals surface area (Å²) < 4.78 is 0. The smallest absolute Gasteiger partial charge is 0.216 e. The van der Waals surface area contributed by atoms with Gasteiger partial charge in [0, 0.05) is 25.2 Å². The molecule has 4 heteroatoms. The van der Waals surface area contributed by atoms with E-state index in [0.29, 0.717) is 11.7 Å². The van der Waals surface area contributed by atoms with Crippen LogP contribution < -0.4 is 5.32 Å². The highest BCUT2D eigenvalue weighted by molar-refractivity contribution is 6.30. The van der Waals surface area contributed by atoms with Crippen LogP contribution in [0.4, 0.5) is 0 Å². The van der Waals surface area contributed by atoms with E-state index in [2.05, 4.69) is 10.3 Å². The molecule has 15 heavy (non-hydrogen) atoms. The van der Waals surface area contributed by atoms with Gasteiger partial charge >= 0.3 is 0 Å². The Kier molecular flexibility index (Phi) is 4.84. The summed E-state index contributed by atoms with van der Waals surface area (Å²) in [6, 6.07) is 3.73. The second kappa shape index (κ2) is 6.19. The first-order valence-electron chi connectivity index (χ1n) is 4.71. The Morgan fingerprint density at radius 2 is 2.47 bits per heavy atom. The van der Waals surface area contributed by atoms with Gasteiger partial charge in [-0.2, -0.15) is 0 Å². The Hall–Kier alpha value is -1.35. The Morgan fingerprint density at radius 3 is 3.13 bits per heavy atom.